The molecule has 5 heteroatoms. The molecule has 0 saturated heterocycles. The maximum absolute atomic E-state index is 13.6. The van der Waals surface area contributed by atoms with Gasteiger partial charge >= 0.3 is 0 Å². The van der Waals surface area contributed by atoms with Gasteiger partial charge in [0.15, 0.2) is 11.6 Å². The van der Waals surface area contributed by atoms with Crippen molar-refractivity contribution in [2.24, 2.45) is 0 Å². The van der Waals surface area contributed by atoms with Crippen LogP contribution in [0.3, 0.4) is 0 Å². The minimum atomic E-state index is -0.415. The van der Waals surface area contributed by atoms with Crippen molar-refractivity contribution in [3.05, 3.63) is 17.8 Å². The van der Waals surface area contributed by atoms with Crippen LogP contribution in [-0.2, 0) is 0 Å². The largest absolute Gasteiger partial charge is 0.361 e. The first kappa shape index (κ1) is 12.2. The van der Waals surface area contributed by atoms with E-state index in [1.807, 2.05) is 13.8 Å². The van der Waals surface area contributed by atoms with Gasteiger partial charge in [0.1, 0.15) is 6.33 Å². The number of nitrogens with one attached hydrogen (secondary N) is 1. The molecule has 1 N–H and O–H groups in total. The zero-order valence-corrected chi connectivity index (χ0v) is 9.90. The van der Waals surface area contributed by atoms with Crippen molar-refractivity contribution in [1.82, 2.24) is 9.97 Å². The van der Waals surface area contributed by atoms with Gasteiger partial charge < -0.3 is 5.32 Å². The van der Waals surface area contributed by atoms with Gasteiger partial charge in [-0.3, -0.25) is 0 Å². The highest BCUT2D eigenvalue weighted by atomic mass is 35.5. The lowest BCUT2D eigenvalue weighted by molar-refractivity contribution is 0.535. The van der Waals surface area contributed by atoms with Gasteiger partial charge in [-0.25, -0.2) is 14.4 Å². The molecule has 0 aliphatic heterocycles. The van der Waals surface area contributed by atoms with Crippen LogP contribution in [0.25, 0.3) is 0 Å². The van der Waals surface area contributed by atoms with Gasteiger partial charge in [0.2, 0.25) is 0 Å². The number of halogens is 2. The summed E-state index contributed by atoms with van der Waals surface area (Å²) in [6, 6.07) is 0. The molecule has 0 aliphatic rings. The first-order valence-corrected chi connectivity index (χ1v) is 5.37. The quantitative estimate of drug-likeness (QED) is 0.810. The number of rotatable bonds is 4. The van der Waals surface area contributed by atoms with E-state index in [1.54, 1.807) is 6.92 Å². The molecule has 1 atom stereocenters. The Morgan fingerprint density at radius 2 is 2.20 bits per heavy atom. The van der Waals surface area contributed by atoms with Gasteiger partial charge in [-0.15, -0.1) is 11.6 Å². The molecular weight excluding hydrogens is 217 g/mol. The third-order valence-electron chi connectivity index (χ3n) is 2.46. The minimum absolute atomic E-state index is 0.215. The van der Waals surface area contributed by atoms with Crippen LogP contribution in [0.5, 0.6) is 0 Å². The number of alkyl halides is 1. The van der Waals surface area contributed by atoms with E-state index in [4.69, 9.17) is 11.6 Å². The van der Waals surface area contributed by atoms with Crippen LogP contribution in [0.2, 0.25) is 0 Å². The Morgan fingerprint density at radius 3 is 2.73 bits per heavy atom. The summed E-state index contributed by atoms with van der Waals surface area (Å²) in [5.41, 5.74) is -0.0102. The Kier molecular flexibility index (Phi) is 3.85. The Morgan fingerprint density at radius 1 is 1.53 bits per heavy atom. The first-order valence-electron chi connectivity index (χ1n) is 4.83. The Hall–Kier alpha value is -0.900. The van der Waals surface area contributed by atoms with Crippen LogP contribution in [-0.4, -0.2) is 21.4 Å². The average Bonchev–Trinajstić information content (AvgIpc) is 2.25. The molecule has 0 spiro atoms. The SMILES string of the molecule is CCC(C)(CCl)Nc1ncnc(C)c1F. The standard InChI is InChI=1S/C10H15ClFN3/c1-4-10(3,5-11)15-9-8(12)7(2)13-6-14-9/h6H,4-5H2,1-3H3,(H,13,14,15). The van der Waals surface area contributed by atoms with E-state index in [1.165, 1.54) is 6.33 Å². The minimum Gasteiger partial charge on any atom is -0.361 e. The number of hydrogen-bond donors (Lipinski definition) is 1. The van der Waals surface area contributed by atoms with E-state index in [2.05, 4.69) is 15.3 Å². The van der Waals surface area contributed by atoms with Gasteiger partial charge in [0.25, 0.3) is 0 Å². The molecule has 0 radical (unpaired) electrons. The Bertz CT molecular complexity index is 339. The predicted octanol–water partition coefficient (Wildman–Crippen LogP) is 2.74. The van der Waals surface area contributed by atoms with Crippen molar-refractivity contribution in [2.45, 2.75) is 32.7 Å². The van der Waals surface area contributed by atoms with Crippen molar-refractivity contribution in [1.29, 1.82) is 0 Å². The third kappa shape index (κ3) is 2.78. The highest BCUT2D eigenvalue weighted by molar-refractivity contribution is 6.18. The summed E-state index contributed by atoms with van der Waals surface area (Å²) in [6.45, 7) is 5.52. The van der Waals surface area contributed by atoms with E-state index in [0.717, 1.165) is 6.42 Å². The molecule has 84 valence electrons. The van der Waals surface area contributed by atoms with Crippen LogP contribution in [0, 0.1) is 12.7 Å². The molecule has 0 bridgehead atoms. The van der Waals surface area contributed by atoms with Crippen LogP contribution >= 0.6 is 11.6 Å². The lowest BCUT2D eigenvalue weighted by atomic mass is 10.0. The van der Waals surface area contributed by atoms with Gasteiger partial charge in [0, 0.05) is 11.4 Å². The van der Waals surface area contributed by atoms with Gasteiger partial charge in [-0.2, -0.15) is 0 Å². The molecule has 0 amide bonds. The van der Waals surface area contributed by atoms with Crippen molar-refractivity contribution < 1.29 is 4.39 Å². The molecule has 1 aromatic heterocycles. The van der Waals surface area contributed by atoms with Crippen molar-refractivity contribution in [3.8, 4) is 0 Å². The van der Waals surface area contributed by atoms with Gasteiger partial charge in [-0.05, 0) is 20.3 Å². The molecule has 0 fully saturated rings. The van der Waals surface area contributed by atoms with Crippen LogP contribution < -0.4 is 5.32 Å². The van der Waals surface area contributed by atoms with Crippen LogP contribution in [0.1, 0.15) is 26.0 Å². The van der Waals surface area contributed by atoms with Crippen LogP contribution in [0.15, 0.2) is 6.33 Å². The molecule has 15 heavy (non-hydrogen) atoms. The summed E-state index contributed by atoms with van der Waals surface area (Å²) >= 11 is 5.82. The highest BCUT2D eigenvalue weighted by Gasteiger charge is 2.22. The van der Waals surface area contributed by atoms with Crippen molar-refractivity contribution >= 4 is 17.4 Å². The zero-order chi connectivity index (χ0) is 11.5. The number of anilines is 1. The average molecular weight is 232 g/mol. The van der Waals surface area contributed by atoms with Crippen LogP contribution in [0.4, 0.5) is 10.2 Å². The van der Waals surface area contributed by atoms with E-state index < -0.39 is 5.82 Å². The summed E-state index contributed by atoms with van der Waals surface area (Å²) in [7, 11) is 0. The lowest BCUT2D eigenvalue weighted by Gasteiger charge is -2.27. The second-order valence-electron chi connectivity index (χ2n) is 3.79. The first-order chi connectivity index (χ1) is 7.02. The fourth-order valence-electron chi connectivity index (χ4n) is 1.05. The maximum atomic E-state index is 13.6. The summed E-state index contributed by atoms with van der Waals surface area (Å²) in [5, 5.41) is 3.01. The second kappa shape index (κ2) is 4.75. The fourth-order valence-corrected chi connectivity index (χ4v) is 1.30. The smallest absolute Gasteiger partial charge is 0.186 e. The highest BCUT2D eigenvalue weighted by Crippen LogP contribution is 2.21. The van der Waals surface area contributed by atoms with Gasteiger partial charge in [0.05, 0.1) is 5.69 Å². The topological polar surface area (TPSA) is 37.8 Å². The van der Waals surface area contributed by atoms with Gasteiger partial charge in [-0.1, -0.05) is 6.92 Å². The molecule has 3 nitrogen and oxygen atoms in total. The third-order valence-corrected chi connectivity index (χ3v) is 3.05. The molecule has 1 rings (SSSR count). The van der Waals surface area contributed by atoms with Crippen molar-refractivity contribution in [3.63, 3.8) is 0 Å². The summed E-state index contributed by atoms with van der Waals surface area (Å²) in [6.07, 6.45) is 2.13. The number of nitrogens with zero attached hydrogens (tertiary/aromatic N) is 2. The predicted molar refractivity (Wildman–Crippen MR) is 59.8 cm³/mol. The Balaban J connectivity index is 2.94. The molecule has 1 aromatic rings. The molecule has 0 saturated carbocycles. The normalized spacial score (nSPS) is 14.7. The monoisotopic (exact) mass is 231 g/mol. The summed E-state index contributed by atoms with van der Waals surface area (Å²) in [5.74, 6) is 0.196. The van der Waals surface area contributed by atoms with E-state index in [-0.39, 0.29) is 11.4 Å². The van der Waals surface area contributed by atoms with E-state index in [0.29, 0.717) is 11.6 Å². The van der Waals surface area contributed by atoms with Crippen molar-refractivity contribution in [2.75, 3.05) is 11.2 Å². The van der Waals surface area contributed by atoms with E-state index in [9.17, 15) is 4.39 Å². The summed E-state index contributed by atoms with van der Waals surface area (Å²) in [4.78, 5) is 7.63. The Labute approximate surface area is 94.1 Å². The maximum Gasteiger partial charge on any atom is 0.186 e. The number of hydrogen-bond acceptors (Lipinski definition) is 3. The molecular formula is C10H15ClFN3. The zero-order valence-electron chi connectivity index (χ0n) is 9.14. The summed E-state index contributed by atoms with van der Waals surface area (Å²) < 4.78 is 13.6. The second-order valence-corrected chi connectivity index (χ2v) is 4.06. The molecule has 0 aromatic carbocycles. The number of aryl methyl sites for hydroxylation is 1. The number of aromatic nitrogens is 2. The molecule has 0 aliphatic carbocycles. The molecule has 1 unspecified atom stereocenters. The fraction of sp³-hybridized carbons (Fsp3) is 0.600. The molecule has 1 heterocycles. The van der Waals surface area contributed by atoms with E-state index >= 15 is 0 Å². The lowest BCUT2D eigenvalue weighted by Crippen LogP contribution is -2.36.